The van der Waals surface area contributed by atoms with Crippen LogP contribution in [0.3, 0.4) is 0 Å². The maximum absolute atomic E-state index is 12.4. The molecule has 2 N–H and O–H groups in total. The van der Waals surface area contributed by atoms with E-state index in [-0.39, 0.29) is 25.0 Å². The molecule has 2 unspecified atom stereocenters. The molecule has 0 saturated carbocycles. The number of para-hydroxylation sites is 1. The van der Waals surface area contributed by atoms with Gasteiger partial charge in [-0.05, 0) is 30.9 Å². The second-order valence-corrected chi connectivity index (χ2v) is 7.22. The van der Waals surface area contributed by atoms with Crippen molar-refractivity contribution < 1.29 is 24.2 Å². The number of carbonyl (C=O) groups is 2. The van der Waals surface area contributed by atoms with Gasteiger partial charge in [-0.25, -0.2) is 4.98 Å². The van der Waals surface area contributed by atoms with E-state index in [0.717, 1.165) is 30.0 Å². The molecule has 2 atom stereocenters. The molecule has 3 rings (SSSR count). The monoisotopic (exact) mass is 390 g/mol. The van der Waals surface area contributed by atoms with Crippen LogP contribution in [-0.2, 0) is 16.0 Å². The molecule has 7 nitrogen and oxygen atoms in total. The van der Waals surface area contributed by atoms with Gasteiger partial charge in [-0.3, -0.25) is 9.59 Å². The zero-order valence-corrected chi connectivity index (χ0v) is 15.8. The van der Waals surface area contributed by atoms with Crippen molar-refractivity contribution >= 4 is 23.2 Å². The van der Waals surface area contributed by atoms with Crippen LogP contribution in [0.1, 0.15) is 40.0 Å². The van der Waals surface area contributed by atoms with Crippen LogP contribution in [0.4, 0.5) is 0 Å². The van der Waals surface area contributed by atoms with Crippen molar-refractivity contribution in [3.8, 4) is 5.75 Å². The standard InChI is InChI=1S/C19H22N2O5S/c1-25-15-6-3-2-5-12(15)9-13(19(23)24)10-20-17(22)14-11-27-18(21-14)16-7-4-8-26-16/h2-3,5-6,11,13,16H,4,7-10H2,1H3,(H,20,22)(H,23,24). The fourth-order valence-electron chi connectivity index (χ4n) is 3.00. The Labute approximate surface area is 161 Å². The average molecular weight is 390 g/mol. The van der Waals surface area contributed by atoms with Crippen LogP contribution in [0, 0.1) is 5.92 Å². The number of hydrogen-bond acceptors (Lipinski definition) is 6. The average Bonchev–Trinajstić information content (AvgIpc) is 3.36. The first-order chi connectivity index (χ1) is 13.1. The van der Waals surface area contributed by atoms with E-state index < -0.39 is 11.9 Å². The summed E-state index contributed by atoms with van der Waals surface area (Å²) in [5.41, 5.74) is 1.09. The van der Waals surface area contributed by atoms with Crippen LogP contribution >= 0.6 is 11.3 Å². The Hall–Kier alpha value is -2.45. The number of ether oxygens (including phenoxy) is 2. The third-order valence-corrected chi connectivity index (χ3v) is 5.41. The number of hydrogen-bond donors (Lipinski definition) is 2. The van der Waals surface area contributed by atoms with Gasteiger partial charge in [-0.1, -0.05) is 18.2 Å². The van der Waals surface area contributed by atoms with Crippen LogP contribution in [0.25, 0.3) is 0 Å². The molecule has 1 aromatic carbocycles. The van der Waals surface area contributed by atoms with Gasteiger partial charge in [0, 0.05) is 18.5 Å². The summed E-state index contributed by atoms with van der Waals surface area (Å²) >= 11 is 1.39. The minimum atomic E-state index is -0.973. The summed E-state index contributed by atoms with van der Waals surface area (Å²) in [6.07, 6.45) is 2.13. The Balaban J connectivity index is 1.60. The van der Waals surface area contributed by atoms with Gasteiger partial charge in [0.2, 0.25) is 0 Å². The molecule has 0 bridgehead atoms. The summed E-state index contributed by atoms with van der Waals surface area (Å²) in [6.45, 7) is 0.730. The molecular weight excluding hydrogens is 368 g/mol. The van der Waals surface area contributed by atoms with Crippen molar-refractivity contribution in [1.29, 1.82) is 0 Å². The summed E-state index contributed by atoms with van der Waals surface area (Å²) < 4.78 is 10.8. The lowest BCUT2D eigenvalue weighted by atomic mass is 9.98. The van der Waals surface area contributed by atoms with Gasteiger partial charge in [-0.2, -0.15) is 0 Å². The van der Waals surface area contributed by atoms with Gasteiger partial charge in [0.05, 0.1) is 13.0 Å². The highest BCUT2D eigenvalue weighted by atomic mass is 32.1. The molecule has 1 amide bonds. The smallest absolute Gasteiger partial charge is 0.308 e. The highest BCUT2D eigenvalue weighted by molar-refractivity contribution is 7.09. The number of benzene rings is 1. The number of carboxylic acid groups (broad SMARTS) is 1. The van der Waals surface area contributed by atoms with E-state index >= 15 is 0 Å². The quantitative estimate of drug-likeness (QED) is 0.719. The summed E-state index contributed by atoms with van der Waals surface area (Å²) in [4.78, 5) is 28.3. The molecule has 144 valence electrons. The maximum Gasteiger partial charge on any atom is 0.308 e. The highest BCUT2D eigenvalue weighted by Crippen LogP contribution is 2.30. The van der Waals surface area contributed by atoms with E-state index in [0.29, 0.717) is 11.4 Å². The van der Waals surface area contributed by atoms with E-state index in [4.69, 9.17) is 9.47 Å². The second kappa shape index (κ2) is 8.96. The van der Waals surface area contributed by atoms with Gasteiger partial charge in [0.25, 0.3) is 5.91 Å². The van der Waals surface area contributed by atoms with E-state index in [2.05, 4.69) is 10.3 Å². The Morgan fingerprint density at radius 2 is 2.26 bits per heavy atom. The molecule has 1 aliphatic rings. The van der Waals surface area contributed by atoms with Crippen LogP contribution in [-0.4, -0.2) is 42.2 Å². The zero-order chi connectivity index (χ0) is 19.2. The molecule has 0 radical (unpaired) electrons. The Kier molecular flexibility index (Phi) is 6.41. The van der Waals surface area contributed by atoms with Gasteiger partial charge < -0.3 is 19.9 Å². The van der Waals surface area contributed by atoms with Crippen LogP contribution in [0.5, 0.6) is 5.75 Å². The first-order valence-electron chi connectivity index (χ1n) is 8.78. The first kappa shape index (κ1) is 19.3. The molecule has 1 aromatic heterocycles. The lowest BCUT2D eigenvalue weighted by Gasteiger charge is -2.15. The molecule has 1 aliphatic heterocycles. The van der Waals surface area contributed by atoms with Crippen molar-refractivity contribution in [3.05, 3.63) is 45.9 Å². The summed E-state index contributed by atoms with van der Waals surface area (Å²) in [5.74, 6) is -1.47. The van der Waals surface area contributed by atoms with E-state index in [1.54, 1.807) is 18.6 Å². The highest BCUT2D eigenvalue weighted by Gasteiger charge is 2.24. The lowest BCUT2D eigenvalue weighted by Crippen LogP contribution is -2.34. The van der Waals surface area contributed by atoms with E-state index in [1.807, 2.05) is 18.2 Å². The Morgan fingerprint density at radius 3 is 2.96 bits per heavy atom. The van der Waals surface area contributed by atoms with Crippen LogP contribution in [0.2, 0.25) is 0 Å². The van der Waals surface area contributed by atoms with Crippen molar-refractivity contribution in [2.45, 2.75) is 25.4 Å². The number of nitrogens with zero attached hydrogens (tertiary/aromatic N) is 1. The maximum atomic E-state index is 12.4. The predicted octanol–water partition coefficient (Wildman–Crippen LogP) is 2.68. The topological polar surface area (TPSA) is 97.8 Å². The fourth-order valence-corrected chi connectivity index (χ4v) is 3.88. The largest absolute Gasteiger partial charge is 0.496 e. The third-order valence-electron chi connectivity index (χ3n) is 4.48. The number of aliphatic carboxylic acids is 1. The Morgan fingerprint density at radius 1 is 1.44 bits per heavy atom. The van der Waals surface area contributed by atoms with Crippen molar-refractivity contribution in [1.82, 2.24) is 10.3 Å². The normalized spacial score (nSPS) is 17.4. The minimum absolute atomic E-state index is 0.0129. The molecule has 2 heterocycles. The van der Waals surface area contributed by atoms with E-state index in [9.17, 15) is 14.7 Å². The first-order valence-corrected chi connectivity index (χ1v) is 9.66. The van der Waals surface area contributed by atoms with E-state index in [1.165, 1.54) is 11.3 Å². The summed E-state index contributed by atoms with van der Waals surface area (Å²) in [6, 6.07) is 7.27. The third kappa shape index (κ3) is 4.84. The molecule has 27 heavy (non-hydrogen) atoms. The number of thiazole rings is 1. The molecule has 1 saturated heterocycles. The molecule has 8 heteroatoms. The number of methoxy groups -OCH3 is 1. The summed E-state index contributed by atoms with van der Waals surface area (Å²) in [5, 5.41) is 14.7. The molecule has 2 aromatic rings. The number of amides is 1. The summed E-state index contributed by atoms with van der Waals surface area (Å²) in [7, 11) is 1.55. The number of carbonyl (C=O) groups excluding carboxylic acids is 1. The molecule has 1 fully saturated rings. The van der Waals surface area contributed by atoms with Crippen molar-refractivity contribution in [2.75, 3.05) is 20.3 Å². The fraction of sp³-hybridized carbons (Fsp3) is 0.421. The second-order valence-electron chi connectivity index (χ2n) is 6.33. The van der Waals surface area contributed by atoms with Gasteiger partial charge in [0.1, 0.15) is 22.6 Å². The van der Waals surface area contributed by atoms with Crippen molar-refractivity contribution in [2.24, 2.45) is 5.92 Å². The zero-order valence-electron chi connectivity index (χ0n) is 15.0. The molecular formula is C19H22N2O5S. The molecule has 0 spiro atoms. The van der Waals surface area contributed by atoms with Crippen LogP contribution in [0.15, 0.2) is 29.6 Å². The van der Waals surface area contributed by atoms with Crippen molar-refractivity contribution in [3.63, 3.8) is 0 Å². The number of aromatic nitrogens is 1. The van der Waals surface area contributed by atoms with Gasteiger partial charge >= 0.3 is 5.97 Å². The van der Waals surface area contributed by atoms with Crippen LogP contribution < -0.4 is 10.1 Å². The van der Waals surface area contributed by atoms with Gasteiger partial charge in [0.15, 0.2) is 0 Å². The predicted molar refractivity (Wildman–Crippen MR) is 100 cm³/mol. The minimum Gasteiger partial charge on any atom is -0.496 e. The Bertz CT molecular complexity index is 801. The number of carboxylic acids is 1. The lowest BCUT2D eigenvalue weighted by molar-refractivity contribution is -0.141. The molecule has 0 aliphatic carbocycles. The number of nitrogens with one attached hydrogen (secondary N) is 1. The SMILES string of the molecule is COc1ccccc1CC(CNC(=O)c1csc(C2CCCO2)n1)C(=O)O. The van der Waals surface area contributed by atoms with Gasteiger partial charge in [-0.15, -0.1) is 11.3 Å². The number of rotatable bonds is 8.